The third-order valence-corrected chi connectivity index (χ3v) is 2.86. The number of nitrogens with one attached hydrogen (secondary N) is 1. The van der Waals surface area contributed by atoms with Crippen molar-refractivity contribution in [3.63, 3.8) is 0 Å². The van der Waals surface area contributed by atoms with Crippen LogP contribution in [0, 0.1) is 12.8 Å². The van der Waals surface area contributed by atoms with Crippen molar-refractivity contribution < 1.29 is 4.42 Å². The molecule has 0 aliphatic rings. The monoisotopic (exact) mass is 237 g/mol. The lowest BCUT2D eigenvalue weighted by Gasteiger charge is -2.03. The summed E-state index contributed by atoms with van der Waals surface area (Å²) in [4.78, 5) is 4.42. The highest BCUT2D eigenvalue weighted by Crippen LogP contribution is 2.24. The van der Waals surface area contributed by atoms with Crippen LogP contribution in [0.2, 0.25) is 0 Å². The quantitative estimate of drug-likeness (QED) is 0.887. The SMILES string of the molecule is Cc1occc1-c1nsc(NCC(C)C)n1. The van der Waals surface area contributed by atoms with Crippen LogP contribution >= 0.6 is 11.5 Å². The summed E-state index contributed by atoms with van der Waals surface area (Å²) in [6.45, 7) is 7.15. The molecule has 2 rings (SSSR count). The molecule has 0 unspecified atom stereocenters. The van der Waals surface area contributed by atoms with E-state index in [1.807, 2.05) is 13.0 Å². The molecule has 0 bridgehead atoms. The van der Waals surface area contributed by atoms with Gasteiger partial charge in [0.1, 0.15) is 5.76 Å². The summed E-state index contributed by atoms with van der Waals surface area (Å²) in [5.74, 6) is 2.19. The number of anilines is 1. The van der Waals surface area contributed by atoms with Crippen molar-refractivity contribution in [1.29, 1.82) is 0 Å². The molecule has 0 saturated carbocycles. The Morgan fingerprint density at radius 2 is 2.31 bits per heavy atom. The standard InChI is InChI=1S/C11H15N3OS/c1-7(2)6-12-11-13-10(14-16-11)9-4-5-15-8(9)3/h4-5,7H,6H2,1-3H3,(H,12,13,14). The van der Waals surface area contributed by atoms with Gasteiger partial charge >= 0.3 is 0 Å². The van der Waals surface area contributed by atoms with Crippen LogP contribution in [0.15, 0.2) is 16.7 Å². The molecule has 0 fully saturated rings. The maximum absolute atomic E-state index is 5.23. The van der Waals surface area contributed by atoms with Crippen molar-refractivity contribution in [3.8, 4) is 11.4 Å². The smallest absolute Gasteiger partial charge is 0.202 e. The molecular weight excluding hydrogens is 222 g/mol. The second kappa shape index (κ2) is 4.65. The van der Waals surface area contributed by atoms with Crippen molar-refractivity contribution >= 4 is 16.7 Å². The number of nitrogens with zero attached hydrogens (tertiary/aromatic N) is 2. The van der Waals surface area contributed by atoms with Crippen LogP contribution in [-0.4, -0.2) is 15.9 Å². The van der Waals surface area contributed by atoms with Gasteiger partial charge < -0.3 is 9.73 Å². The fourth-order valence-electron chi connectivity index (χ4n) is 1.31. The first kappa shape index (κ1) is 11.1. The predicted molar refractivity (Wildman–Crippen MR) is 65.7 cm³/mol. The Morgan fingerprint density at radius 1 is 1.50 bits per heavy atom. The maximum atomic E-state index is 5.23. The second-order valence-electron chi connectivity index (χ2n) is 4.09. The molecule has 2 aromatic heterocycles. The van der Waals surface area contributed by atoms with Crippen LogP contribution in [0.4, 0.5) is 5.13 Å². The zero-order valence-electron chi connectivity index (χ0n) is 9.65. The molecule has 2 aromatic rings. The van der Waals surface area contributed by atoms with Gasteiger partial charge in [0, 0.05) is 18.1 Å². The minimum atomic E-state index is 0.600. The average Bonchev–Trinajstić information content (AvgIpc) is 2.83. The largest absolute Gasteiger partial charge is 0.469 e. The fraction of sp³-hybridized carbons (Fsp3) is 0.455. The molecular formula is C11H15N3OS. The number of aromatic nitrogens is 2. The van der Waals surface area contributed by atoms with E-state index in [9.17, 15) is 0 Å². The molecule has 0 atom stereocenters. The van der Waals surface area contributed by atoms with E-state index in [1.54, 1.807) is 6.26 Å². The molecule has 86 valence electrons. The van der Waals surface area contributed by atoms with E-state index < -0.39 is 0 Å². The summed E-state index contributed by atoms with van der Waals surface area (Å²) in [5, 5.41) is 4.13. The molecule has 0 aliphatic carbocycles. The Balaban J connectivity index is 2.11. The highest BCUT2D eigenvalue weighted by atomic mass is 32.1. The lowest BCUT2D eigenvalue weighted by atomic mass is 10.2. The van der Waals surface area contributed by atoms with E-state index in [0.717, 1.165) is 28.8 Å². The normalized spacial score (nSPS) is 11.0. The number of hydrogen-bond donors (Lipinski definition) is 1. The Labute approximate surface area is 98.9 Å². The van der Waals surface area contributed by atoms with Gasteiger partial charge in [0.05, 0.1) is 11.8 Å². The van der Waals surface area contributed by atoms with Crippen LogP contribution in [-0.2, 0) is 0 Å². The van der Waals surface area contributed by atoms with Gasteiger partial charge in [-0.05, 0) is 18.9 Å². The summed E-state index contributed by atoms with van der Waals surface area (Å²) in [5.41, 5.74) is 0.967. The lowest BCUT2D eigenvalue weighted by molar-refractivity contribution is 0.535. The van der Waals surface area contributed by atoms with Gasteiger partial charge in [-0.25, -0.2) is 0 Å². The summed E-state index contributed by atoms with van der Waals surface area (Å²) < 4.78 is 9.54. The van der Waals surface area contributed by atoms with Crippen LogP contribution in [0.1, 0.15) is 19.6 Å². The van der Waals surface area contributed by atoms with Gasteiger partial charge in [-0.15, -0.1) is 0 Å². The van der Waals surface area contributed by atoms with Gasteiger partial charge in [-0.3, -0.25) is 0 Å². The number of rotatable bonds is 4. The zero-order chi connectivity index (χ0) is 11.5. The molecule has 1 N–H and O–H groups in total. The molecule has 5 heteroatoms. The van der Waals surface area contributed by atoms with E-state index in [1.165, 1.54) is 11.5 Å². The van der Waals surface area contributed by atoms with E-state index in [0.29, 0.717) is 5.92 Å². The maximum Gasteiger partial charge on any atom is 0.202 e. The molecule has 0 amide bonds. The molecule has 0 aromatic carbocycles. The van der Waals surface area contributed by atoms with E-state index >= 15 is 0 Å². The van der Waals surface area contributed by atoms with Crippen LogP contribution in [0.3, 0.4) is 0 Å². The van der Waals surface area contributed by atoms with Gasteiger partial charge in [0.15, 0.2) is 5.82 Å². The molecule has 4 nitrogen and oxygen atoms in total. The first-order chi connectivity index (χ1) is 7.66. The minimum absolute atomic E-state index is 0.600. The Kier molecular flexibility index (Phi) is 3.24. The topological polar surface area (TPSA) is 51.0 Å². The Morgan fingerprint density at radius 3 is 2.94 bits per heavy atom. The second-order valence-corrected chi connectivity index (χ2v) is 4.84. The molecule has 0 aliphatic heterocycles. The first-order valence-corrected chi connectivity index (χ1v) is 6.06. The van der Waals surface area contributed by atoms with E-state index in [2.05, 4.69) is 28.5 Å². The van der Waals surface area contributed by atoms with Gasteiger partial charge in [0.2, 0.25) is 5.13 Å². The number of aryl methyl sites for hydroxylation is 1. The van der Waals surface area contributed by atoms with Gasteiger partial charge in [-0.1, -0.05) is 13.8 Å². The van der Waals surface area contributed by atoms with Crippen LogP contribution < -0.4 is 5.32 Å². The predicted octanol–water partition coefficient (Wildman–Crippen LogP) is 3.17. The number of furan rings is 1. The molecule has 2 heterocycles. The van der Waals surface area contributed by atoms with Gasteiger partial charge in [-0.2, -0.15) is 9.36 Å². The van der Waals surface area contributed by atoms with Crippen molar-refractivity contribution in [3.05, 3.63) is 18.1 Å². The molecule has 0 spiro atoms. The molecule has 0 radical (unpaired) electrons. The third kappa shape index (κ3) is 2.41. The minimum Gasteiger partial charge on any atom is -0.469 e. The summed E-state index contributed by atoms with van der Waals surface area (Å²) >= 11 is 1.38. The molecule has 0 saturated heterocycles. The Bertz CT molecular complexity index is 461. The summed E-state index contributed by atoms with van der Waals surface area (Å²) in [7, 11) is 0. The average molecular weight is 237 g/mol. The summed E-state index contributed by atoms with van der Waals surface area (Å²) in [6.07, 6.45) is 1.66. The first-order valence-electron chi connectivity index (χ1n) is 5.29. The van der Waals surface area contributed by atoms with Crippen molar-refractivity contribution in [2.75, 3.05) is 11.9 Å². The van der Waals surface area contributed by atoms with Crippen molar-refractivity contribution in [2.45, 2.75) is 20.8 Å². The van der Waals surface area contributed by atoms with Gasteiger partial charge in [0.25, 0.3) is 0 Å². The highest BCUT2D eigenvalue weighted by molar-refractivity contribution is 7.09. The van der Waals surface area contributed by atoms with E-state index in [4.69, 9.17) is 4.42 Å². The molecule has 16 heavy (non-hydrogen) atoms. The number of hydrogen-bond acceptors (Lipinski definition) is 5. The van der Waals surface area contributed by atoms with Crippen LogP contribution in [0.25, 0.3) is 11.4 Å². The van der Waals surface area contributed by atoms with Crippen LogP contribution in [0.5, 0.6) is 0 Å². The zero-order valence-corrected chi connectivity index (χ0v) is 10.5. The van der Waals surface area contributed by atoms with E-state index in [-0.39, 0.29) is 0 Å². The van der Waals surface area contributed by atoms with Crippen molar-refractivity contribution in [2.24, 2.45) is 5.92 Å². The Hall–Kier alpha value is -1.36. The third-order valence-electron chi connectivity index (χ3n) is 2.19. The van der Waals surface area contributed by atoms with Crippen molar-refractivity contribution in [1.82, 2.24) is 9.36 Å². The summed E-state index contributed by atoms with van der Waals surface area (Å²) in [6, 6.07) is 1.89. The highest BCUT2D eigenvalue weighted by Gasteiger charge is 2.10. The lowest BCUT2D eigenvalue weighted by Crippen LogP contribution is -2.07. The fourth-order valence-corrected chi connectivity index (χ4v) is 1.90.